The molecule has 38 heavy (non-hydrogen) atoms. The van der Waals surface area contributed by atoms with E-state index in [1.807, 2.05) is 51.1 Å². The Morgan fingerprint density at radius 3 is 2.45 bits per heavy atom. The molecular weight excluding hydrogens is 484 g/mol. The van der Waals surface area contributed by atoms with Gasteiger partial charge in [0.05, 0.1) is 43.0 Å². The lowest BCUT2D eigenvalue weighted by Crippen LogP contribution is -2.43. The van der Waals surface area contributed by atoms with Crippen molar-refractivity contribution < 1.29 is 29.1 Å². The van der Waals surface area contributed by atoms with Crippen LogP contribution in [-0.2, 0) is 20.7 Å². The maximum Gasteiger partial charge on any atom is 0.414 e. The van der Waals surface area contributed by atoms with Crippen molar-refractivity contribution in [2.24, 2.45) is 5.92 Å². The number of ketones is 1. The molecule has 0 bridgehead atoms. The number of Topliss-reactive ketones (excluding diaryl/α,β-unsaturated/α-hetero) is 1. The van der Waals surface area contributed by atoms with Gasteiger partial charge in [-0.15, -0.1) is 0 Å². The van der Waals surface area contributed by atoms with E-state index < -0.39 is 25.6 Å². The fraction of sp³-hybridized carbons (Fsp3) is 0.444. The van der Waals surface area contributed by atoms with Gasteiger partial charge >= 0.3 is 20.1 Å². The zero-order valence-electron chi connectivity index (χ0n) is 22.8. The first-order valence-corrected chi connectivity index (χ1v) is 12.9. The van der Waals surface area contributed by atoms with Crippen LogP contribution in [0.2, 0.25) is 13.6 Å². The van der Waals surface area contributed by atoms with E-state index >= 15 is 0 Å². The number of hydrogen-bond acceptors (Lipinski definition) is 8. The van der Waals surface area contributed by atoms with Crippen LogP contribution in [0.1, 0.15) is 36.7 Å². The lowest BCUT2D eigenvalue weighted by atomic mass is 9.84. The number of benzene rings is 2. The first-order valence-electron chi connectivity index (χ1n) is 12.9. The zero-order valence-corrected chi connectivity index (χ0v) is 22.8. The van der Waals surface area contributed by atoms with Crippen LogP contribution in [0.15, 0.2) is 54.9 Å². The van der Waals surface area contributed by atoms with Gasteiger partial charge in [-0.1, -0.05) is 30.3 Å². The molecule has 1 heterocycles. The second-order valence-electron chi connectivity index (χ2n) is 10.5. The predicted octanol–water partition coefficient (Wildman–Crippen LogP) is 2.81. The molecule has 0 aliphatic heterocycles. The smallest absolute Gasteiger partial charge is 0.414 e. The molecule has 2 N–H and O–H groups in total. The van der Waals surface area contributed by atoms with Crippen molar-refractivity contribution in [1.29, 1.82) is 0 Å². The van der Waals surface area contributed by atoms with E-state index in [9.17, 15) is 19.6 Å². The number of hydrogen-bond donors (Lipinski definition) is 2. The van der Waals surface area contributed by atoms with E-state index in [4.69, 9.17) is 9.47 Å². The summed E-state index contributed by atoms with van der Waals surface area (Å²) in [7, 11) is -1.65. The maximum absolute atomic E-state index is 13.0. The molecule has 202 valence electrons. The lowest BCUT2D eigenvalue weighted by Gasteiger charge is -2.25. The van der Waals surface area contributed by atoms with Crippen molar-refractivity contribution >= 4 is 36.9 Å². The minimum absolute atomic E-state index is 0.0190. The number of esters is 1. The fourth-order valence-electron chi connectivity index (χ4n) is 4.07. The van der Waals surface area contributed by atoms with Crippen LogP contribution >= 0.6 is 0 Å². The third kappa shape index (κ3) is 8.52. The van der Waals surface area contributed by atoms with Crippen molar-refractivity contribution in [2.75, 3.05) is 26.3 Å². The van der Waals surface area contributed by atoms with E-state index in [0.29, 0.717) is 29.6 Å². The Balaban J connectivity index is 1.59. The van der Waals surface area contributed by atoms with E-state index in [-0.39, 0.29) is 31.5 Å². The Hall–Kier alpha value is -2.98. The highest BCUT2D eigenvalue weighted by molar-refractivity contribution is 6.48. The average Bonchev–Trinajstić information content (AvgIpc) is 3.28. The van der Waals surface area contributed by atoms with Crippen molar-refractivity contribution in [3.8, 4) is 0 Å². The molecule has 0 radical (unpaired) electrons. The molecule has 11 heteroatoms. The molecule has 1 aromatic heterocycles. The largest absolute Gasteiger partial charge is 0.460 e. The molecular formula is C27H37B2N3O6. The van der Waals surface area contributed by atoms with Crippen LogP contribution in [0, 0.1) is 5.92 Å². The number of carbonyl (C=O) groups excluding carboxylic acids is 2. The highest BCUT2D eigenvalue weighted by atomic mass is 16.6. The van der Waals surface area contributed by atoms with Gasteiger partial charge in [-0.05, 0) is 64.6 Å². The number of rotatable bonds is 13. The van der Waals surface area contributed by atoms with Gasteiger partial charge in [0.15, 0.2) is 5.78 Å². The van der Waals surface area contributed by atoms with Crippen molar-refractivity contribution in [3.05, 3.63) is 66.0 Å². The minimum atomic E-state index is -0.875. The number of ether oxygens (including phenoxy) is 2. The number of fused-ring (bicyclic) bond motifs is 1. The summed E-state index contributed by atoms with van der Waals surface area (Å²) in [6.45, 7) is 9.37. The molecule has 0 saturated heterocycles. The summed E-state index contributed by atoms with van der Waals surface area (Å²) < 4.78 is 13.0. The topological polar surface area (TPSA) is 114 Å². The molecule has 1 unspecified atom stereocenters. The van der Waals surface area contributed by atoms with Crippen LogP contribution in [0.4, 0.5) is 0 Å². The van der Waals surface area contributed by atoms with Gasteiger partial charge in [0, 0.05) is 12.1 Å². The Kier molecular flexibility index (Phi) is 10.3. The van der Waals surface area contributed by atoms with Crippen molar-refractivity contribution in [2.45, 2.75) is 46.4 Å². The third-order valence-corrected chi connectivity index (χ3v) is 6.08. The molecule has 3 aromatic rings. The Labute approximate surface area is 225 Å². The van der Waals surface area contributed by atoms with Gasteiger partial charge in [0.2, 0.25) is 0 Å². The fourth-order valence-corrected chi connectivity index (χ4v) is 4.07. The van der Waals surface area contributed by atoms with Gasteiger partial charge in [-0.2, -0.15) is 0 Å². The van der Waals surface area contributed by atoms with Crippen LogP contribution < -0.4 is 0 Å². The summed E-state index contributed by atoms with van der Waals surface area (Å²) in [5.41, 5.74) is 2.20. The molecule has 3 rings (SSSR count). The molecule has 0 amide bonds. The second-order valence-corrected chi connectivity index (χ2v) is 10.5. The third-order valence-electron chi connectivity index (χ3n) is 6.08. The number of nitrogens with zero attached hydrogens (tertiary/aromatic N) is 3. The maximum atomic E-state index is 13.0. The number of imidazole rings is 1. The number of aromatic nitrogens is 2. The van der Waals surface area contributed by atoms with Crippen LogP contribution in [0.3, 0.4) is 0 Å². The normalized spacial score (nSPS) is 12.5. The molecule has 9 nitrogen and oxygen atoms in total. The van der Waals surface area contributed by atoms with E-state index in [2.05, 4.69) is 4.98 Å². The monoisotopic (exact) mass is 521 g/mol. The van der Waals surface area contributed by atoms with E-state index in [1.165, 1.54) is 6.33 Å². The lowest BCUT2D eigenvalue weighted by molar-refractivity contribution is -0.162. The van der Waals surface area contributed by atoms with Crippen molar-refractivity contribution in [3.63, 3.8) is 0 Å². The SMILES string of the molecule is CB(O)N(CCOCC(Cc1ccccc1)C(=O)OC(C)(C)C)CC(=O)c1ccc2ncn(B(C)O)c2c1. The van der Waals surface area contributed by atoms with Gasteiger partial charge < -0.3 is 28.8 Å². The predicted molar refractivity (Wildman–Crippen MR) is 149 cm³/mol. The van der Waals surface area contributed by atoms with Gasteiger partial charge in [-0.25, -0.2) is 4.98 Å². The molecule has 1 atom stereocenters. The van der Waals surface area contributed by atoms with Gasteiger partial charge in [0.1, 0.15) is 5.60 Å². The van der Waals surface area contributed by atoms with Crippen LogP contribution in [0.25, 0.3) is 11.0 Å². The van der Waals surface area contributed by atoms with Crippen molar-refractivity contribution in [1.82, 2.24) is 14.3 Å². The molecule has 0 aliphatic rings. The first-order chi connectivity index (χ1) is 17.9. The summed E-state index contributed by atoms with van der Waals surface area (Å²) in [6, 6.07) is 14.8. The Morgan fingerprint density at radius 1 is 1.11 bits per heavy atom. The standard InChI is InChI=1S/C27H37B2N3O6/c1-27(2,3)38-26(34)22(15-20-9-7-6-8-10-20)18-37-14-13-31(28(4)35)17-25(33)21-11-12-23-24(16-21)32(19-30-23)29(5)36/h6-12,16,19,22,35-36H,13-15,17-18H2,1-5H3. The quantitative estimate of drug-likeness (QED) is 0.153. The highest BCUT2D eigenvalue weighted by Gasteiger charge is 2.26. The Morgan fingerprint density at radius 2 is 1.82 bits per heavy atom. The summed E-state index contributed by atoms with van der Waals surface area (Å²) in [5, 5.41) is 20.2. The van der Waals surface area contributed by atoms with Gasteiger partial charge in [0.25, 0.3) is 0 Å². The molecule has 0 aliphatic carbocycles. The van der Waals surface area contributed by atoms with Crippen LogP contribution in [0.5, 0.6) is 0 Å². The number of carbonyl (C=O) groups is 2. The first kappa shape index (κ1) is 29.6. The summed E-state index contributed by atoms with van der Waals surface area (Å²) >= 11 is 0. The van der Waals surface area contributed by atoms with Gasteiger partial charge in [-0.3, -0.25) is 9.59 Å². The molecule has 0 saturated carbocycles. The zero-order chi connectivity index (χ0) is 27.9. The van der Waals surface area contributed by atoms with E-state index in [0.717, 1.165) is 5.56 Å². The van der Waals surface area contributed by atoms with E-state index in [1.54, 1.807) is 41.1 Å². The summed E-state index contributed by atoms with van der Waals surface area (Å²) in [4.78, 5) is 31.7. The second kappa shape index (κ2) is 13.2. The summed E-state index contributed by atoms with van der Waals surface area (Å²) in [5.74, 6) is -0.985. The minimum Gasteiger partial charge on any atom is -0.460 e. The summed E-state index contributed by atoms with van der Waals surface area (Å²) in [6.07, 6.45) is 2.02. The molecule has 0 fully saturated rings. The highest BCUT2D eigenvalue weighted by Crippen LogP contribution is 2.18. The molecule has 0 spiro atoms. The van der Waals surface area contributed by atoms with Crippen LogP contribution in [-0.4, -0.2) is 82.1 Å². The Bertz CT molecular complexity index is 1210. The average molecular weight is 521 g/mol. The molecule has 2 aromatic carbocycles.